The second-order valence-corrected chi connectivity index (χ2v) is 7.80. The summed E-state index contributed by atoms with van der Waals surface area (Å²) in [5, 5.41) is 6.65. The lowest BCUT2D eigenvalue weighted by molar-refractivity contribution is -0.125. The van der Waals surface area contributed by atoms with Crippen molar-refractivity contribution in [3.63, 3.8) is 0 Å². The predicted molar refractivity (Wildman–Crippen MR) is 104 cm³/mol. The van der Waals surface area contributed by atoms with Crippen LogP contribution < -0.4 is 15.0 Å². The molecule has 0 aliphatic carbocycles. The molecule has 150 valence electrons. The van der Waals surface area contributed by atoms with Gasteiger partial charge in [0.15, 0.2) is 6.10 Å². The molecule has 8 nitrogen and oxygen atoms in total. The molecule has 0 fully saturated rings. The van der Waals surface area contributed by atoms with Crippen LogP contribution in [-0.2, 0) is 16.1 Å². The van der Waals surface area contributed by atoms with Gasteiger partial charge in [-0.15, -0.1) is 0 Å². The zero-order chi connectivity index (χ0) is 20.6. The molecular formula is C20H25N3O5. The second kappa shape index (κ2) is 7.18. The van der Waals surface area contributed by atoms with E-state index in [1.54, 1.807) is 50.8 Å². The third kappa shape index (κ3) is 4.11. The maximum absolute atomic E-state index is 12.8. The van der Waals surface area contributed by atoms with Crippen LogP contribution in [0.2, 0.25) is 0 Å². The molecule has 3 rings (SSSR count). The van der Waals surface area contributed by atoms with Gasteiger partial charge in [-0.25, -0.2) is 4.79 Å². The minimum absolute atomic E-state index is 0.179. The summed E-state index contributed by atoms with van der Waals surface area (Å²) in [6.45, 7) is 11.0. The van der Waals surface area contributed by atoms with Crippen LogP contribution in [0.15, 0.2) is 22.7 Å². The molecule has 0 bridgehead atoms. The number of anilines is 2. The first-order valence-corrected chi connectivity index (χ1v) is 9.09. The Balaban J connectivity index is 1.91. The van der Waals surface area contributed by atoms with Crippen LogP contribution in [0.5, 0.6) is 5.75 Å². The minimum Gasteiger partial charge on any atom is -0.479 e. The van der Waals surface area contributed by atoms with Crippen LogP contribution in [-0.4, -0.2) is 28.9 Å². The van der Waals surface area contributed by atoms with Crippen LogP contribution in [0.1, 0.15) is 44.7 Å². The van der Waals surface area contributed by atoms with Crippen LogP contribution in [0.3, 0.4) is 0 Å². The van der Waals surface area contributed by atoms with Gasteiger partial charge in [-0.1, -0.05) is 5.16 Å². The molecule has 0 radical (unpaired) electrons. The van der Waals surface area contributed by atoms with Crippen molar-refractivity contribution in [1.82, 2.24) is 5.16 Å². The van der Waals surface area contributed by atoms with E-state index in [-0.39, 0.29) is 5.91 Å². The van der Waals surface area contributed by atoms with Crippen molar-refractivity contribution < 1.29 is 23.6 Å². The third-order valence-electron chi connectivity index (χ3n) is 4.31. The molecule has 8 heteroatoms. The van der Waals surface area contributed by atoms with E-state index in [0.717, 1.165) is 11.3 Å². The average Bonchev–Trinajstić information content (AvgIpc) is 2.89. The van der Waals surface area contributed by atoms with Gasteiger partial charge in [-0.05, 0) is 59.7 Å². The highest BCUT2D eigenvalue weighted by atomic mass is 16.6. The van der Waals surface area contributed by atoms with E-state index in [1.807, 2.05) is 13.8 Å². The maximum Gasteiger partial charge on any atom is 0.412 e. The van der Waals surface area contributed by atoms with Crippen molar-refractivity contribution in [2.75, 3.05) is 10.2 Å². The molecule has 2 aromatic rings. The van der Waals surface area contributed by atoms with Gasteiger partial charge in [0, 0.05) is 11.3 Å². The highest BCUT2D eigenvalue weighted by Gasteiger charge is 2.33. The molecule has 0 saturated heterocycles. The van der Waals surface area contributed by atoms with Gasteiger partial charge in [0.05, 0.1) is 17.9 Å². The number of fused-ring (bicyclic) bond motifs is 1. The fraction of sp³-hybridized carbons (Fsp3) is 0.450. The van der Waals surface area contributed by atoms with Gasteiger partial charge in [0.2, 0.25) is 0 Å². The summed E-state index contributed by atoms with van der Waals surface area (Å²) in [6, 6.07) is 5.13. The molecular weight excluding hydrogens is 362 g/mol. The van der Waals surface area contributed by atoms with Crippen molar-refractivity contribution >= 4 is 23.4 Å². The number of ether oxygens (including phenoxy) is 2. The van der Waals surface area contributed by atoms with Gasteiger partial charge in [0.25, 0.3) is 5.91 Å². The zero-order valence-corrected chi connectivity index (χ0v) is 17.0. The summed E-state index contributed by atoms with van der Waals surface area (Å²) in [4.78, 5) is 26.5. The van der Waals surface area contributed by atoms with Crippen LogP contribution in [0, 0.1) is 13.8 Å². The highest BCUT2D eigenvalue weighted by Crippen LogP contribution is 2.37. The number of rotatable bonds is 3. The normalized spacial score (nSPS) is 16.4. The number of carbonyl (C=O) groups excluding carboxylic acids is 2. The zero-order valence-electron chi connectivity index (χ0n) is 17.0. The topological polar surface area (TPSA) is 93.9 Å². The summed E-state index contributed by atoms with van der Waals surface area (Å²) < 4.78 is 16.2. The molecule has 28 heavy (non-hydrogen) atoms. The van der Waals surface area contributed by atoms with Crippen molar-refractivity contribution in [2.24, 2.45) is 0 Å². The quantitative estimate of drug-likeness (QED) is 0.857. The number of aryl methyl sites for hydroxylation is 2. The Labute approximate surface area is 163 Å². The fourth-order valence-corrected chi connectivity index (χ4v) is 2.96. The van der Waals surface area contributed by atoms with Crippen LogP contribution in [0.25, 0.3) is 0 Å². The summed E-state index contributed by atoms with van der Waals surface area (Å²) in [7, 11) is 0. The van der Waals surface area contributed by atoms with Gasteiger partial charge in [-0.3, -0.25) is 10.1 Å². The Kier molecular flexibility index (Phi) is 5.06. The number of amides is 2. The summed E-state index contributed by atoms with van der Waals surface area (Å²) in [5.74, 6) is 1.05. The molecule has 1 N–H and O–H groups in total. The molecule has 1 aliphatic heterocycles. The Morgan fingerprint density at radius 2 is 2.04 bits per heavy atom. The molecule has 2 amide bonds. The number of hydrogen-bond acceptors (Lipinski definition) is 6. The molecule has 1 aromatic heterocycles. The van der Waals surface area contributed by atoms with E-state index in [4.69, 9.17) is 14.0 Å². The lowest BCUT2D eigenvalue weighted by Crippen LogP contribution is -2.44. The Hall–Kier alpha value is -3.03. The number of nitrogens with zero attached hydrogens (tertiary/aromatic N) is 2. The molecule has 0 saturated carbocycles. The molecule has 1 aromatic carbocycles. The number of nitrogens with one attached hydrogen (secondary N) is 1. The largest absolute Gasteiger partial charge is 0.479 e. The van der Waals surface area contributed by atoms with Crippen molar-refractivity contribution in [1.29, 1.82) is 0 Å². The van der Waals surface area contributed by atoms with E-state index in [2.05, 4.69) is 10.5 Å². The lowest BCUT2D eigenvalue weighted by Gasteiger charge is -2.33. The summed E-state index contributed by atoms with van der Waals surface area (Å²) in [6.07, 6.45) is -1.18. The third-order valence-corrected chi connectivity index (χ3v) is 4.31. The number of carbonyl (C=O) groups is 2. The molecule has 1 unspecified atom stereocenters. The second-order valence-electron chi connectivity index (χ2n) is 7.80. The molecule has 2 heterocycles. The van der Waals surface area contributed by atoms with Crippen molar-refractivity contribution in [3.05, 3.63) is 35.2 Å². The molecule has 1 atom stereocenters. The Morgan fingerprint density at radius 1 is 1.32 bits per heavy atom. The van der Waals surface area contributed by atoms with E-state index in [1.165, 1.54) is 0 Å². The Bertz CT molecular complexity index is 894. The van der Waals surface area contributed by atoms with E-state index in [9.17, 15) is 9.59 Å². The van der Waals surface area contributed by atoms with Crippen LogP contribution in [0.4, 0.5) is 16.2 Å². The van der Waals surface area contributed by atoms with E-state index in [0.29, 0.717) is 29.4 Å². The summed E-state index contributed by atoms with van der Waals surface area (Å²) in [5.41, 5.74) is 2.04. The number of aromatic nitrogens is 1. The van der Waals surface area contributed by atoms with Crippen molar-refractivity contribution in [3.8, 4) is 5.75 Å². The number of hydrogen-bond donors (Lipinski definition) is 1. The lowest BCUT2D eigenvalue weighted by atomic mass is 10.1. The molecule has 0 spiro atoms. The SMILES string of the molecule is Cc1noc(C)c1CN1C(=O)C(C)Oc2ccc(NC(=O)OC(C)(C)C)cc21. The average molecular weight is 387 g/mol. The highest BCUT2D eigenvalue weighted by molar-refractivity contribution is 6.00. The van der Waals surface area contributed by atoms with E-state index >= 15 is 0 Å². The first kappa shape index (κ1) is 19.7. The smallest absolute Gasteiger partial charge is 0.412 e. The van der Waals surface area contributed by atoms with Crippen molar-refractivity contribution in [2.45, 2.75) is 59.8 Å². The maximum atomic E-state index is 12.8. The number of benzene rings is 1. The van der Waals surface area contributed by atoms with Gasteiger partial charge in [-0.2, -0.15) is 0 Å². The van der Waals surface area contributed by atoms with Gasteiger partial charge < -0.3 is 18.9 Å². The van der Waals surface area contributed by atoms with Crippen LogP contribution >= 0.6 is 0 Å². The standard InChI is InChI=1S/C20H25N3O5/c1-11-15(12(2)28-22-11)10-23-16-9-14(21-19(25)27-20(4,5)6)7-8-17(16)26-13(3)18(23)24/h7-9,13H,10H2,1-6H3,(H,21,25). The minimum atomic E-state index is -0.613. The first-order chi connectivity index (χ1) is 13.0. The monoisotopic (exact) mass is 387 g/mol. The van der Waals surface area contributed by atoms with E-state index < -0.39 is 17.8 Å². The fourth-order valence-electron chi connectivity index (χ4n) is 2.96. The predicted octanol–water partition coefficient (Wildman–Crippen LogP) is 3.95. The summed E-state index contributed by atoms with van der Waals surface area (Å²) >= 11 is 0. The van der Waals surface area contributed by atoms with Gasteiger partial charge in [0.1, 0.15) is 17.1 Å². The first-order valence-electron chi connectivity index (χ1n) is 9.09. The van der Waals surface area contributed by atoms with Gasteiger partial charge >= 0.3 is 6.09 Å². The Morgan fingerprint density at radius 3 is 2.64 bits per heavy atom. The molecule has 1 aliphatic rings.